The molecule has 0 bridgehead atoms. The van der Waals surface area contributed by atoms with E-state index in [2.05, 4.69) is 18.7 Å². The molecule has 2 heteroatoms. The Labute approximate surface area is 81.3 Å². The summed E-state index contributed by atoms with van der Waals surface area (Å²) in [4.78, 5) is 13.3. The number of piperidine rings is 1. The lowest BCUT2D eigenvalue weighted by molar-refractivity contribution is -0.121. The summed E-state index contributed by atoms with van der Waals surface area (Å²) in [5, 5.41) is 0. The second kappa shape index (κ2) is 3.79. The fraction of sp³-hybridized carbons (Fsp3) is 0.909. The van der Waals surface area contributed by atoms with Gasteiger partial charge in [0, 0.05) is 12.1 Å². The molecule has 2 atom stereocenters. The van der Waals surface area contributed by atoms with Crippen LogP contribution in [0.2, 0.25) is 0 Å². The first kappa shape index (κ1) is 10.7. The van der Waals surface area contributed by atoms with Gasteiger partial charge in [0.2, 0.25) is 0 Å². The zero-order chi connectivity index (χ0) is 10.1. The zero-order valence-corrected chi connectivity index (χ0v) is 9.21. The van der Waals surface area contributed by atoms with Crippen LogP contribution in [0.25, 0.3) is 0 Å². The second-order valence-electron chi connectivity index (χ2n) is 4.81. The topological polar surface area (TPSA) is 20.3 Å². The molecule has 1 fully saturated rings. The highest BCUT2D eigenvalue weighted by Crippen LogP contribution is 2.28. The quantitative estimate of drug-likeness (QED) is 0.612. The summed E-state index contributed by atoms with van der Waals surface area (Å²) in [6.45, 7) is 8.47. The van der Waals surface area contributed by atoms with Crippen molar-refractivity contribution in [3.05, 3.63) is 0 Å². The van der Waals surface area contributed by atoms with Gasteiger partial charge >= 0.3 is 0 Å². The molecule has 0 amide bonds. The van der Waals surface area contributed by atoms with Crippen molar-refractivity contribution in [2.45, 2.75) is 64.6 Å². The van der Waals surface area contributed by atoms with Gasteiger partial charge in [-0.1, -0.05) is 6.42 Å². The highest BCUT2D eigenvalue weighted by atomic mass is 16.1. The molecule has 0 aromatic carbocycles. The minimum atomic E-state index is -0.292. The minimum absolute atomic E-state index is 0.292. The molecule has 1 aliphatic rings. The summed E-state index contributed by atoms with van der Waals surface area (Å²) >= 11 is 0. The number of aldehydes is 1. The maximum atomic E-state index is 11.0. The van der Waals surface area contributed by atoms with Crippen LogP contribution < -0.4 is 0 Å². The molecule has 1 rings (SSSR count). The number of nitrogens with zero attached hydrogens (tertiary/aromatic N) is 1. The molecule has 0 radical (unpaired) electrons. The van der Waals surface area contributed by atoms with Crippen molar-refractivity contribution in [1.29, 1.82) is 0 Å². The van der Waals surface area contributed by atoms with Gasteiger partial charge in [-0.15, -0.1) is 0 Å². The van der Waals surface area contributed by atoms with Crippen LogP contribution in [0.3, 0.4) is 0 Å². The molecule has 1 aliphatic heterocycles. The van der Waals surface area contributed by atoms with Crippen LogP contribution in [-0.2, 0) is 4.79 Å². The summed E-state index contributed by atoms with van der Waals surface area (Å²) in [5.74, 6) is 0. The van der Waals surface area contributed by atoms with Crippen molar-refractivity contribution in [3.63, 3.8) is 0 Å². The Kier molecular flexibility index (Phi) is 3.12. The molecule has 0 aromatic rings. The van der Waals surface area contributed by atoms with Crippen LogP contribution in [-0.4, -0.2) is 28.8 Å². The molecule has 2 unspecified atom stereocenters. The molecule has 2 nitrogen and oxygen atoms in total. The Hall–Kier alpha value is -0.370. The van der Waals surface area contributed by atoms with Gasteiger partial charge in [0.25, 0.3) is 0 Å². The van der Waals surface area contributed by atoms with Crippen molar-refractivity contribution in [2.75, 3.05) is 0 Å². The molecule has 1 saturated heterocycles. The second-order valence-corrected chi connectivity index (χ2v) is 4.81. The van der Waals surface area contributed by atoms with E-state index >= 15 is 0 Å². The standard InChI is InChI=1S/C11H21NO/c1-9-6-5-7-10(2)12(9)11(3,4)8-13/h8-10H,5-7H2,1-4H3. The third-order valence-corrected chi connectivity index (χ3v) is 3.15. The van der Waals surface area contributed by atoms with Crippen LogP contribution in [0.5, 0.6) is 0 Å². The normalized spacial score (nSPS) is 31.7. The van der Waals surface area contributed by atoms with Crippen molar-refractivity contribution in [1.82, 2.24) is 4.90 Å². The van der Waals surface area contributed by atoms with Gasteiger partial charge in [0.1, 0.15) is 6.29 Å². The predicted octanol–water partition coefficient (Wildman–Crippen LogP) is 2.23. The molecule has 13 heavy (non-hydrogen) atoms. The van der Waals surface area contributed by atoms with Gasteiger partial charge in [0.15, 0.2) is 0 Å². The Balaban J connectivity index is 2.79. The fourth-order valence-corrected chi connectivity index (χ4v) is 2.62. The van der Waals surface area contributed by atoms with E-state index < -0.39 is 0 Å². The number of likely N-dealkylation sites (tertiary alicyclic amines) is 1. The van der Waals surface area contributed by atoms with Crippen molar-refractivity contribution >= 4 is 6.29 Å². The van der Waals surface area contributed by atoms with Gasteiger partial charge in [-0.05, 0) is 40.5 Å². The third-order valence-electron chi connectivity index (χ3n) is 3.15. The van der Waals surface area contributed by atoms with Gasteiger partial charge in [0.05, 0.1) is 5.54 Å². The summed E-state index contributed by atoms with van der Waals surface area (Å²) < 4.78 is 0. The molecule has 0 aliphatic carbocycles. The molecule has 0 saturated carbocycles. The van der Waals surface area contributed by atoms with E-state index in [0.29, 0.717) is 12.1 Å². The highest BCUT2D eigenvalue weighted by Gasteiger charge is 2.35. The smallest absolute Gasteiger partial charge is 0.139 e. The lowest BCUT2D eigenvalue weighted by Gasteiger charge is -2.46. The van der Waals surface area contributed by atoms with E-state index in [1.165, 1.54) is 19.3 Å². The zero-order valence-electron chi connectivity index (χ0n) is 9.21. The monoisotopic (exact) mass is 183 g/mol. The summed E-state index contributed by atoms with van der Waals surface area (Å²) in [6.07, 6.45) is 4.82. The average molecular weight is 183 g/mol. The number of hydrogen-bond acceptors (Lipinski definition) is 2. The first-order chi connectivity index (χ1) is 5.99. The van der Waals surface area contributed by atoms with Gasteiger partial charge in [-0.3, -0.25) is 4.90 Å². The van der Waals surface area contributed by atoms with E-state index in [-0.39, 0.29) is 5.54 Å². The lowest BCUT2D eigenvalue weighted by Crippen LogP contribution is -2.56. The summed E-state index contributed by atoms with van der Waals surface area (Å²) in [5.41, 5.74) is -0.292. The molecular formula is C11H21NO. The van der Waals surface area contributed by atoms with Crippen molar-refractivity contribution in [3.8, 4) is 0 Å². The van der Waals surface area contributed by atoms with E-state index in [4.69, 9.17) is 0 Å². The summed E-state index contributed by atoms with van der Waals surface area (Å²) in [6, 6.07) is 1.09. The van der Waals surface area contributed by atoms with Crippen LogP contribution in [0, 0.1) is 0 Å². The van der Waals surface area contributed by atoms with Crippen molar-refractivity contribution < 1.29 is 4.79 Å². The SMILES string of the molecule is CC1CCCC(C)N1C(C)(C)C=O. The molecule has 0 aromatic heterocycles. The Morgan fingerprint density at radius 1 is 1.23 bits per heavy atom. The molecule has 0 spiro atoms. The van der Waals surface area contributed by atoms with Crippen LogP contribution in [0.4, 0.5) is 0 Å². The Bertz CT molecular complexity index is 179. The van der Waals surface area contributed by atoms with Gasteiger partial charge in [-0.25, -0.2) is 0 Å². The minimum Gasteiger partial charge on any atom is -0.301 e. The number of carbonyl (C=O) groups is 1. The fourth-order valence-electron chi connectivity index (χ4n) is 2.62. The number of carbonyl (C=O) groups excluding carboxylic acids is 1. The maximum absolute atomic E-state index is 11.0. The maximum Gasteiger partial charge on any atom is 0.139 e. The molecular weight excluding hydrogens is 162 g/mol. The van der Waals surface area contributed by atoms with Crippen LogP contribution in [0.1, 0.15) is 47.0 Å². The third kappa shape index (κ3) is 2.11. The average Bonchev–Trinajstić information content (AvgIpc) is 2.03. The van der Waals surface area contributed by atoms with Crippen LogP contribution >= 0.6 is 0 Å². The molecule has 1 heterocycles. The van der Waals surface area contributed by atoms with Crippen LogP contribution in [0.15, 0.2) is 0 Å². The van der Waals surface area contributed by atoms with E-state index in [9.17, 15) is 4.79 Å². The highest BCUT2D eigenvalue weighted by molar-refractivity contribution is 5.62. The van der Waals surface area contributed by atoms with E-state index in [1.54, 1.807) is 0 Å². The van der Waals surface area contributed by atoms with E-state index in [1.807, 2.05) is 13.8 Å². The van der Waals surface area contributed by atoms with Gasteiger partial charge < -0.3 is 4.79 Å². The molecule has 0 N–H and O–H groups in total. The summed E-state index contributed by atoms with van der Waals surface area (Å²) in [7, 11) is 0. The Morgan fingerprint density at radius 2 is 1.69 bits per heavy atom. The number of hydrogen-bond donors (Lipinski definition) is 0. The van der Waals surface area contributed by atoms with Gasteiger partial charge in [-0.2, -0.15) is 0 Å². The first-order valence-corrected chi connectivity index (χ1v) is 5.24. The van der Waals surface area contributed by atoms with Crippen molar-refractivity contribution in [2.24, 2.45) is 0 Å². The largest absolute Gasteiger partial charge is 0.301 e. The molecule has 76 valence electrons. The van der Waals surface area contributed by atoms with E-state index in [0.717, 1.165) is 6.29 Å². The lowest BCUT2D eigenvalue weighted by atomic mass is 9.91. The number of rotatable bonds is 2. The first-order valence-electron chi connectivity index (χ1n) is 5.24. The Morgan fingerprint density at radius 3 is 2.08 bits per heavy atom. The predicted molar refractivity (Wildman–Crippen MR) is 54.8 cm³/mol.